The van der Waals surface area contributed by atoms with Crippen LogP contribution in [-0.2, 0) is 27.9 Å². The molecule has 0 aliphatic carbocycles. The highest BCUT2D eigenvalue weighted by Gasteiger charge is 2.19. The summed E-state index contributed by atoms with van der Waals surface area (Å²) in [4.78, 5) is 26.3. The van der Waals surface area contributed by atoms with E-state index in [9.17, 15) is 18.0 Å². The van der Waals surface area contributed by atoms with E-state index in [0.717, 1.165) is 20.5 Å². The summed E-state index contributed by atoms with van der Waals surface area (Å²) in [5, 5.41) is 0. The van der Waals surface area contributed by atoms with Crippen molar-refractivity contribution in [2.24, 2.45) is 0 Å². The van der Waals surface area contributed by atoms with Gasteiger partial charge in [0.05, 0.1) is 4.90 Å². The average Bonchev–Trinajstić information content (AvgIpc) is 2.62. The molecular weight excluding hydrogens is 354 g/mol. The molecule has 0 saturated carbocycles. The number of hydrogen-bond donors (Lipinski definition) is 0. The monoisotopic (exact) mass is 377 g/mol. The number of sulfonamides is 1. The number of nitrogens with zero attached hydrogens (tertiary/aromatic N) is 3. The molecule has 2 rings (SSSR count). The summed E-state index contributed by atoms with van der Waals surface area (Å²) in [6, 6.07) is 12.0. The van der Waals surface area contributed by atoms with Crippen molar-refractivity contribution in [2.75, 3.05) is 20.6 Å². The molecule has 0 unspecified atom stereocenters. The second kappa shape index (κ2) is 8.29. The molecular formula is C18H23N3O4S. The summed E-state index contributed by atoms with van der Waals surface area (Å²) in [6.45, 7) is 2.56. The first kappa shape index (κ1) is 19.9. The number of rotatable bonds is 7. The van der Waals surface area contributed by atoms with E-state index in [4.69, 9.17) is 0 Å². The third-order valence-corrected chi connectivity index (χ3v) is 5.79. The van der Waals surface area contributed by atoms with Gasteiger partial charge in [-0.3, -0.25) is 9.59 Å². The molecule has 0 radical (unpaired) electrons. The van der Waals surface area contributed by atoms with Crippen molar-refractivity contribution in [1.82, 2.24) is 13.8 Å². The highest BCUT2D eigenvalue weighted by Crippen LogP contribution is 2.11. The molecule has 1 heterocycles. The third-order valence-electron chi connectivity index (χ3n) is 3.99. The Morgan fingerprint density at radius 1 is 1.08 bits per heavy atom. The van der Waals surface area contributed by atoms with Crippen LogP contribution in [0.4, 0.5) is 0 Å². The van der Waals surface area contributed by atoms with Gasteiger partial charge in [-0.1, -0.05) is 30.3 Å². The van der Waals surface area contributed by atoms with Crippen LogP contribution in [0.1, 0.15) is 12.5 Å². The summed E-state index contributed by atoms with van der Waals surface area (Å²) in [7, 11) is -0.855. The Balaban J connectivity index is 2.23. The Hall–Kier alpha value is -2.45. The highest BCUT2D eigenvalue weighted by atomic mass is 32.2. The minimum absolute atomic E-state index is 0.0268. The van der Waals surface area contributed by atoms with Crippen LogP contribution >= 0.6 is 0 Å². The van der Waals surface area contributed by atoms with Crippen LogP contribution in [0.5, 0.6) is 0 Å². The molecule has 1 amide bonds. The number of benzene rings is 1. The Morgan fingerprint density at radius 2 is 1.73 bits per heavy atom. The summed E-state index contributed by atoms with van der Waals surface area (Å²) < 4.78 is 26.6. The number of aromatic nitrogens is 1. The summed E-state index contributed by atoms with van der Waals surface area (Å²) >= 11 is 0. The lowest BCUT2D eigenvalue weighted by molar-refractivity contribution is -0.132. The first-order chi connectivity index (χ1) is 12.3. The molecule has 8 heteroatoms. The van der Waals surface area contributed by atoms with Gasteiger partial charge in [-0.05, 0) is 18.6 Å². The van der Waals surface area contributed by atoms with Gasteiger partial charge in [-0.15, -0.1) is 0 Å². The molecule has 0 atom stereocenters. The lowest BCUT2D eigenvalue weighted by Gasteiger charge is -2.22. The van der Waals surface area contributed by atoms with Gasteiger partial charge >= 0.3 is 0 Å². The number of carbonyl (C=O) groups excluding carboxylic acids is 1. The van der Waals surface area contributed by atoms with E-state index < -0.39 is 15.6 Å². The predicted molar refractivity (Wildman–Crippen MR) is 99.1 cm³/mol. The molecule has 0 spiro atoms. The van der Waals surface area contributed by atoms with Gasteiger partial charge in [0, 0.05) is 39.4 Å². The SMILES string of the molecule is CCN(Cc1ccccc1)C(=O)Cn1cc(S(=O)(=O)N(C)C)ccc1=O. The second-order valence-corrected chi connectivity index (χ2v) is 8.16. The maximum absolute atomic E-state index is 12.6. The molecule has 0 N–H and O–H groups in total. The minimum Gasteiger partial charge on any atom is -0.337 e. The second-order valence-electron chi connectivity index (χ2n) is 6.01. The van der Waals surface area contributed by atoms with Crippen molar-refractivity contribution in [2.45, 2.75) is 24.9 Å². The van der Waals surface area contributed by atoms with Crippen LogP contribution < -0.4 is 5.56 Å². The fourth-order valence-electron chi connectivity index (χ4n) is 2.42. The van der Waals surface area contributed by atoms with Crippen LogP contribution in [0.3, 0.4) is 0 Å². The van der Waals surface area contributed by atoms with Crippen LogP contribution in [0, 0.1) is 0 Å². The number of pyridine rings is 1. The molecule has 2 aromatic rings. The van der Waals surface area contributed by atoms with Crippen molar-refractivity contribution in [3.05, 3.63) is 64.6 Å². The zero-order valence-corrected chi connectivity index (χ0v) is 15.9. The van der Waals surface area contributed by atoms with Crippen molar-refractivity contribution >= 4 is 15.9 Å². The van der Waals surface area contributed by atoms with Crippen molar-refractivity contribution in [3.8, 4) is 0 Å². The van der Waals surface area contributed by atoms with Gasteiger partial charge in [0.15, 0.2) is 0 Å². The molecule has 1 aromatic heterocycles. The number of hydrogen-bond acceptors (Lipinski definition) is 4. The quantitative estimate of drug-likeness (QED) is 0.725. The normalized spacial score (nSPS) is 11.5. The highest BCUT2D eigenvalue weighted by molar-refractivity contribution is 7.89. The number of likely N-dealkylation sites (N-methyl/N-ethyl adjacent to an activating group) is 1. The van der Waals surface area contributed by atoms with E-state index in [2.05, 4.69) is 0 Å². The Labute approximate surface area is 153 Å². The molecule has 0 bridgehead atoms. The van der Waals surface area contributed by atoms with Crippen LogP contribution in [-0.4, -0.2) is 48.7 Å². The minimum atomic E-state index is -3.68. The molecule has 0 saturated heterocycles. The zero-order valence-electron chi connectivity index (χ0n) is 15.1. The Morgan fingerprint density at radius 3 is 2.31 bits per heavy atom. The van der Waals surface area contributed by atoms with Crippen molar-refractivity contribution < 1.29 is 13.2 Å². The molecule has 0 aliphatic heterocycles. The summed E-state index contributed by atoms with van der Waals surface area (Å²) in [6.07, 6.45) is 1.21. The topological polar surface area (TPSA) is 79.7 Å². The van der Waals surface area contributed by atoms with Gasteiger partial charge in [0.25, 0.3) is 5.56 Å². The van der Waals surface area contributed by atoms with Crippen LogP contribution in [0.2, 0.25) is 0 Å². The van der Waals surface area contributed by atoms with E-state index in [1.54, 1.807) is 4.90 Å². The summed E-state index contributed by atoms with van der Waals surface area (Å²) in [5.41, 5.74) is 0.561. The largest absolute Gasteiger partial charge is 0.337 e. The van der Waals surface area contributed by atoms with Crippen LogP contribution in [0.15, 0.2) is 58.4 Å². The van der Waals surface area contributed by atoms with E-state index >= 15 is 0 Å². The standard InChI is InChI=1S/C18H23N3O4S/c1-4-20(12-15-8-6-5-7-9-15)18(23)14-21-13-16(10-11-17(21)22)26(24,25)19(2)3/h5-11,13H,4,12,14H2,1-3H3. The van der Waals surface area contributed by atoms with Gasteiger partial charge in [-0.2, -0.15) is 0 Å². The number of amides is 1. The van der Waals surface area contributed by atoms with E-state index in [1.165, 1.54) is 26.4 Å². The first-order valence-corrected chi connectivity index (χ1v) is 9.64. The Bertz CT molecular complexity index is 921. The Kier molecular flexibility index (Phi) is 6.33. The van der Waals surface area contributed by atoms with Crippen LogP contribution in [0.25, 0.3) is 0 Å². The zero-order chi connectivity index (χ0) is 19.3. The maximum Gasteiger partial charge on any atom is 0.251 e. The third kappa shape index (κ3) is 4.59. The van der Waals surface area contributed by atoms with Crippen molar-refractivity contribution in [3.63, 3.8) is 0 Å². The fourth-order valence-corrected chi connectivity index (χ4v) is 3.34. The summed E-state index contributed by atoms with van der Waals surface area (Å²) in [5.74, 6) is -0.252. The maximum atomic E-state index is 12.6. The average molecular weight is 377 g/mol. The number of carbonyl (C=O) groups is 1. The van der Waals surface area contributed by atoms with Gasteiger partial charge in [-0.25, -0.2) is 12.7 Å². The predicted octanol–water partition coefficient (Wildman–Crippen LogP) is 1.15. The smallest absolute Gasteiger partial charge is 0.251 e. The molecule has 140 valence electrons. The molecule has 1 aromatic carbocycles. The van der Waals surface area contributed by atoms with Crippen molar-refractivity contribution in [1.29, 1.82) is 0 Å². The molecule has 0 fully saturated rings. The van der Waals surface area contributed by atoms with E-state index in [-0.39, 0.29) is 17.3 Å². The lowest BCUT2D eigenvalue weighted by atomic mass is 10.2. The van der Waals surface area contributed by atoms with Gasteiger partial charge in [0.1, 0.15) is 6.54 Å². The van der Waals surface area contributed by atoms with E-state index in [1.807, 2.05) is 37.3 Å². The molecule has 0 aliphatic rings. The van der Waals surface area contributed by atoms with E-state index in [0.29, 0.717) is 13.1 Å². The lowest BCUT2D eigenvalue weighted by Crippen LogP contribution is -2.36. The van der Waals surface area contributed by atoms with Gasteiger partial charge < -0.3 is 9.47 Å². The fraction of sp³-hybridized carbons (Fsp3) is 0.333. The first-order valence-electron chi connectivity index (χ1n) is 8.20. The van der Waals surface area contributed by atoms with Gasteiger partial charge in [0.2, 0.25) is 15.9 Å². The molecule has 7 nitrogen and oxygen atoms in total. The molecule has 26 heavy (non-hydrogen) atoms.